The molecule has 0 amide bonds. The number of hydrogen-bond donors (Lipinski definition) is 2. The van der Waals surface area contributed by atoms with Crippen LogP contribution in [0.3, 0.4) is 0 Å². The highest BCUT2D eigenvalue weighted by Gasteiger charge is 2.18. The quantitative estimate of drug-likeness (QED) is 0.727. The zero-order chi connectivity index (χ0) is 15.0. The number of aliphatic carboxylic acids is 1. The van der Waals surface area contributed by atoms with E-state index in [4.69, 9.17) is 9.84 Å². The Kier molecular flexibility index (Phi) is 7.09. The fourth-order valence-electron chi connectivity index (χ4n) is 2.00. The van der Waals surface area contributed by atoms with Crippen LogP contribution in [0.5, 0.6) is 5.75 Å². The molecule has 0 aliphatic rings. The first kappa shape index (κ1) is 16.5. The Balaban J connectivity index is 2.73. The summed E-state index contributed by atoms with van der Waals surface area (Å²) < 4.78 is 5.58. The fraction of sp³-hybridized carbons (Fsp3) is 0.562. The van der Waals surface area contributed by atoms with Crippen LogP contribution in [0, 0.1) is 0 Å². The fourth-order valence-corrected chi connectivity index (χ4v) is 2.00. The summed E-state index contributed by atoms with van der Waals surface area (Å²) in [7, 11) is 0. The van der Waals surface area contributed by atoms with Gasteiger partial charge in [-0.1, -0.05) is 32.4 Å². The van der Waals surface area contributed by atoms with Crippen molar-refractivity contribution in [3.63, 3.8) is 0 Å². The maximum absolute atomic E-state index is 11.1. The third-order valence-electron chi connectivity index (χ3n) is 3.16. The second-order valence-electron chi connectivity index (χ2n) is 4.98. The highest BCUT2D eigenvalue weighted by molar-refractivity contribution is 5.72. The van der Waals surface area contributed by atoms with Gasteiger partial charge in [0.05, 0.1) is 0 Å². The van der Waals surface area contributed by atoms with Crippen molar-refractivity contribution >= 4 is 5.97 Å². The molecule has 0 saturated heterocycles. The van der Waals surface area contributed by atoms with E-state index in [1.165, 1.54) is 0 Å². The molecule has 0 heterocycles. The minimum atomic E-state index is -0.908. The van der Waals surface area contributed by atoms with Crippen molar-refractivity contribution < 1.29 is 14.6 Å². The van der Waals surface area contributed by atoms with Gasteiger partial charge in [0.25, 0.3) is 0 Å². The van der Waals surface area contributed by atoms with Gasteiger partial charge in [-0.05, 0) is 44.0 Å². The van der Waals surface area contributed by atoms with Crippen LogP contribution in [-0.4, -0.2) is 23.7 Å². The lowest BCUT2D eigenvalue weighted by molar-refractivity contribution is -0.145. The Morgan fingerprint density at radius 2 is 2.10 bits per heavy atom. The lowest BCUT2D eigenvalue weighted by Crippen LogP contribution is -2.26. The molecule has 4 heteroatoms. The van der Waals surface area contributed by atoms with E-state index in [9.17, 15) is 4.79 Å². The number of carbonyl (C=O) groups is 1. The first-order valence-electron chi connectivity index (χ1n) is 7.31. The first-order chi connectivity index (χ1) is 9.58. The van der Waals surface area contributed by atoms with Crippen molar-refractivity contribution in [2.75, 3.05) is 6.54 Å². The maximum Gasteiger partial charge on any atom is 0.344 e. The summed E-state index contributed by atoms with van der Waals surface area (Å²) in [4.78, 5) is 11.1. The zero-order valence-electron chi connectivity index (χ0n) is 12.6. The zero-order valence-corrected chi connectivity index (χ0v) is 12.6. The van der Waals surface area contributed by atoms with Crippen LogP contribution in [0.4, 0.5) is 0 Å². The lowest BCUT2D eigenvalue weighted by Gasteiger charge is -2.17. The van der Waals surface area contributed by atoms with Gasteiger partial charge in [0.1, 0.15) is 5.75 Å². The average molecular weight is 279 g/mol. The van der Waals surface area contributed by atoms with Crippen LogP contribution < -0.4 is 10.1 Å². The van der Waals surface area contributed by atoms with E-state index in [0.29, 0.717) is 12.2 Å². The molecule has 4 nitrogen and oxygen atoms in total. The van der Waals surface area contributed by atoms with Crippen LogP contribution in [-0.2, 0) is 4.79 Å². The average Bonchev–Trinajstić information content (AvgIpc) is 2.44. The minimum absolute atomic E-state index is 0.230. The summed E-state index contributed by atoms with van der Waals surface area (Å²) in [5.41, 5.74) is 1.11. The van der Waals surface area contributed by atoms with E-state index >= 15 is 0 Å². The van der Waals surface area contributed by atoms with Crippen LogP contribution in [0.25, 0.3) is 0 Å². The molecule has 2 unspecified atom stereocenters. The molecule has 0 bridgehead atoms. The number of ether oxygens (including phenoxy) is 1. The van der Waals surface area contributed by atoms with Gasteiger partial charge >= 0.3 is 5.97 Å². The van der Waals surface area contributed by atoms with Crippen LogP contribution in [0.1, 0.15) is 51.6 Å². The van der Waals surface area contributed by atoms with Crippen molar-refractivity contribution in [2.45, 2.75) is 52.2 Å². The molecule has 1 rings (SSSR count). The van der Waals surface area contributed by atoms with Crippen LogP contribution in [0.15, 0.2) is 24.3 Å². The summed E-state index contributed by atoms with van der Waals surface area (Å²) in [6.07, 6.45) is 1.61. The third-order valence-corrected chi connectivity index (χ3v) is 3.16. The predicted octanol–water partition coefficient (Wildman–Crippen LogP) is 3.38. The van der Waals surface area contributed by atoms with Crippen LogP contribution in [0.2, 0.25) is 0 Å². The van der Waals surface area contributed by atoms with E-state index in [-0.39, 0.29) is 6.04 Å². The smallest absolute Gasteiger partial charge is 0.344 e. The SMILES string of the molecule is CCCNC(C)c1cccc(OC(CCC)C(=O)O)c1. The number of nitrogens with one attached hydrogen (secondary N) is 1. The molecule has 1 aromatic rings. The molecule has 0 radical (unpaired) electrons. The van der Waals surface area contributed by atoms with Crippen molar-refractivity contribution in [3.05, 3.63) is 29.8 Å². The van der Waals surface area contributed by atoms with E-state index in [0.717, 1.165) is 24.9 Å². The highest BCUT2D eigenvalue weighted by atomic mass is 16.5. The van der Waals surface area contributed by atoms with Crippen LogP contribution >= 0.6 is 0 Å². The molecule has 0 fully saturated rings. The summed E-state index contributed by atoms with van der Waals surface area (Å²) in [6, 6.07) is 7.88. The molecule has 2 N–H and O–H groups in total. The van der Waals surface area contributed by atoms with Gasteiger partial charge < -0.3 is 15.2 Å². The second kappa shape index (κ2) is 8.59. The molecule has 0 aliphatic carbocycles. The largest absolute Gasteiger partial charge is 0.479 e. The van der Waals surface area contributed by atoms with Gasteiger partial charge in [-0.2, -0.15) is 0 Å². The lowest BCUT2D eigenvalue weighted by atomic mass is 10.1. The highest BCUT2D eigenvalue weighted by Crippen LogP contribution is 2.21. The Morgan fingerprint density at radius 3 is 2.70 bits per heavy atom. The van der Waals surface area contributed by atoms with Crippen molar-refractivity contribution in [1.29, 1.82) is 0 Å². The van der Waals surface area contributed by atoms with Gasteiger partial charge in [-0.15, -0.1) is 0 Å². The van der Waals surface area contributed by atoms with E-state index in [2.05, 4.69) is 19.2 Å². The van der Waals surface area contributed by atoms with E-state index in [1.54, 1.807) is 0 Å². The van der Waals surface area contributed by atoms with Crippen molar-refractivity contribution in [3.8, 4) is 5.75 Å². The van der Waals surface area contributed by atoms with Crippen molar-refractivity contribution in [1.82, 2.24) is 5.32 Å². The molecule has 20 heavy (non-hydrogen) atoms. The van der Waals surface area contributed by atoms with Gasteiger partial charge in [0.15, 0.2) is 6.10 Å². The Labute approximate surface area is 121 Å². The molecule has 112 valence electrons. The summed E-state index contributed by atoms with van der Waals surface area (Å²) >= 11 is 0. The van der Waals surface area contributed by atoms with E-state index in [1.807, 2.05) is 31.2 Å². The third kappa shape index (κ3) is 5.21. The van der Waals surface area contributed by atoms with Gasteiger partial charge in [0, 0.05) is 6.04 Å². The standard InChI is InChI=1S/C16H25NO3/c1-4-7-15(16(18)19)20-14-9-6-8-13(11-14)12(3)17-10-5-2/h6,8-9,11-12,15,17H,4-5,7,10H2,1-3H3,(H,18,19). The summed E-state index contributed by atoms with van der Waals surface area (Å²) in [5, 5.41) is 12.5. The molecular formula is C16H25NO3. The number of benzene rings is 1. The van der Waals surface area contributed by atoms with Gasteiger partial charge in [-0.25, -0.2) is 4.79 Å². The maximum atomic E-state index is 11.1. The Bertz CT molecular complexity index is 420. The Hall–Kier alpha value is -1.55. The summed E-state index contributed by atoms with van der Waals surface area (Å²) in [6.45, 7) is 7.13. The van der Waals surface area contributed by atoms with E-state index < -0.39 is 12.1 Å². The monoisotopic (exact) mass is 279 g/mol. The molecular weight excluding hydrogens is 254 g/mol. The Morgan fingerprint density at radius 1 is 1.35 bits per heavy atom. The summed E-state index contributed by atoms with van der Waals surface area (Å²) in [5.74, 6) is -0.289. The number of rotatable bonds is 9. The molecule has 1 aromatic carbocycles. The van der Waals surface area contributed by atoms with Crippen molar-refractivity contribution in [2.24, 2.45) is 0 Å². The number of carboxylic acid groups (broad SMARTS) is 1. The van der Waals surface area contributed by atoms with Gasteiger partial charge in [0.2, 0.25) is 0 Å². The predicted molar refractivity (Wildman–Crippen MR) is 80.1 cm³/mol. The molecule has 0 aromatic heterocycles. The number of hydrogen-bond acceptors (Lipinski definition) is 3. The number of carboxylic acids is 1. The molecule has 0 saturated carbocycles. The molecule has 0 aliphatic heterocycles. The topological polar surface area (TPSA) is 58.6 Å². The minimum Gasteiger partial charge on any atom is -0.479 e. The molecule has 0 spiro atoms. The van der Waals surface area contributed by atoms with Gasteiger partial charge in [-0.3, -0.25) is 0 Å². The second-order valence-corrected chi connectivity index (χ2v) is 4.98. The first-order valence-corrected chi connectivity index (χ1v) is 7.31. The molecule has 2 atom stereocenters. The normalized spacial score (nSPS) is 13.8.